The summed E-state index contributed by atoms with van der Waals surface area (Å²) >= 11 is 0. The van der Waals surface area contributed by atoms with E-state index in [1.165, 1.54) is 12.4 Å². The molecule has 0 spiro atoms. The summed E-state index contributed by atoms with van der Waals surface area (Å²) in [5.74, 6) is -3.60. The van der Waals surface area contributed by atoms with Gasteiger partial charge in [-0.05, 0) is 19.1 Å². The van der Waals surface area contributed by atoms with Crippen molar-refractivity contribution in [1.82, 2.24) is 9.97 Å². The molecule has 0 saturated heterocycles. The molecule has 1 N–H and O–H groups in total. The molecule has 0 amide bonds. The Bertz CT molecular complexity index is 549. The van der Waals surface area contributed by atoms with Gasteiger partial charge in [0.05, 0.1) is 0 Å². The maximum Gasteiger partial charge on any atom is 0.194 e. The van der Waals surface area contributed by atoms with Crippen molar-refractivity contribution in [3.8, 4) is 11.3 Å². The van der Waals surface area contributed by atoms with Crippen molar-refractivity contribution >= 4 is 5.82 Å². The Morgan fingerprint density at radius 2 is 1.67 bits per heavy atom. The van der Waals surface area contributed by atoms with E-state index in [9.17, 15) is 13.2 Å². The van der Waals surface area contributed by atoms with Crippen molar-refractivity contribution in [2.24, 2.45) is 0 Å². The van der Waals surface area contributed by atoms with Gasteiger partial charge in [-0.15, -0.1) is 0 Å². The van der Waals surface area contributed by atoms with Crippen LogP contribution in [0.4, 0.5) is 19.0 Å². The maximum absolute atomic E-state index is 13.2. The van der Waals surface area contributed by atoms with E-state index in [2.05, 4.69) is 15.3 Å². The number of rotatable bonds is 3. The number of benzene rings is 1. The Morgan fingerprint density at radius 3 is 2.28 bits per heavy atom. The minimum absolute atomic E-state index is 0.135. The van der Waals surface area contributed by atoms with Gasteiger partial charge in [-0.25, -0.2) is 18.2 Å². The monoisotopic (exact) mass is 253 g/mol. The van der Waals surface area contributed by atoms with Gasteiger partial charge in [0.25, 0.3) is 0 Å². The van der Waals surface area contributed by atoms with Gasteiger partial charge >= 0.3 is 0 Å². The van der Waals surface area contributed by atoms with Crippen LogP contribution < -0.4 is 5.32 Å². The van der Waals surface area contributed by atoms with Crippen LogP contribution in [0.25, 0.3) is 11.3 Å². The lowest BCUT2D eigenvalue weighted by Crippen LogP contribution is -2.03. The Morgan fingerprint density at radius 1 is 1.06 bits per heavy atom. The summed E-state index contributed by atoms with van der Waals surface area (Å²) in [6, 6.07) is 1.78. The van der Waals surface area contributed by atoms with E-state index in [1.807, 2.05) is 6.92 Å². The molecule has 18 heavy (non-hydrogen) atoms. The molecule has 6 heteroatoms. The molecule has 0 fully saturated rings. The Hall–Kier alpha value is -2.11. The molecule has 0 unspecified atom stereocenters. The summed E-state index contributed by atoms with van der Waals surface area (Å²) in [5.41, 5.74) is 0.410. The molecule has 3 nitrogen and oxygen atoms in total. The molecule has 0 aliphatic carbocycles. The summed E-state index contributed by atoms with van der Waals surface area (Å²) in [6.45, 7) is 2.43. The third kappa shape index (κ3) is 2.27. The van der Waals surface area contributed by atoms with Gasteiger partial charge in [0, 0.05) is 24.5 Å². The van der Waals surface area contributed by atoms with Crippen molar-refractivity contribution in [3.05, 3.63) is 42.0 Å². The molecule has 0 aliphatic heterocycles. The van der Waals surface area contributed by atoms with Gasteiger partial charge in [0.15, 0.2) is 23.3 Å². The molecule has 1 heterocycles. The normalized spacial score (nSPS) is 10.4. The third-order valence-electron chi connectivity index (χ3n) is 2.30. The second-order valence-corrected chi connectivity index (χ2v) is 3.54. The van der Waals surface area contributed by atoms with Crippen LogP contribution in [0.15, 0.2) is 24.5 Å². The smallest absolute Gasteiger partial charge is 0.194 e. The van der Waals surface area contributed by atoms with Crippen molar-refractivity contribution in [2.45, 2.75) is 6.92 Å². The number of anilines is 1. The van der Waals surface area contributed by atoms with Crippen LogP contribution in [0.1, 0.15) is 6.92 Å². The summed E-state index contributed by atoms with van der Waals surface area (Å²) in [4.78, 5) is 8.01. The first-order chi connectivity index (χ1) is 8.63. The minimum Gasteiger partial charge on any atom is -0.369 e. The van der Waals surface area contributed by atoms with Crippen LogP contribution in [0.2, 0.25) is 0 Å². The molecule has 2 aromatic rings. The molecule has 0 radical (unpaired) electrons. The van der Waals surface area contributed by atoms with Crippen LogP contribution in [-0.4, -0.2) is 16.5 Å². The maximum atomic E-state index is 13.2. The number of hydrogen-bond acceptors (Lipinski definition) is 3. The standard InChI is InChI=1S/C12H10F3N3/c1-2-16-12-11(17-3-4-18-12)7-5-8(13)10(15)9(14)6-7/h3-6H,2H2,1H3,(H,16,18). The van der Waals surface area contributed by atoms with E-state index in [4.69, 9.17) is 0 Å². The fraction of sp³-hybridized carbons (Fsp3) is 0.167. The number of aromatic nitrogens is 2. The van der Waals surface area contributed by atoms with Gasteiger partial charge in [-0.3, -0.25) is 4.98 Å². The predicted molar refractivity (Wildman–Crippen MR) is 61.5 cm³/mol. The first-order valence-corrected chi connectivity index (χ1v) is 5.33. The molecule has 2 rings (SSSR count). The molecule has 0 aliphatic rings. The highest BCUT2D eigenvalue weighted by Crippen LogP contribution is 2.26. The van der Waals surface area contributed by atoms with E-state index >= 15 is 0 Å². The second-order valence-electron chi connectivity index (χ2n) is 3.54. The SMILES string of the molecule is CCNc1nccnc1-c1cc(F)c(F)c(F)c1. The molecule has 1 aromatic heterocycles. The zero-order valence-electron chi connectivity index (χ0n) is 9.54. The number of nitrogens with one attached hydrogen (secondary N) is 1. The summed E-state index contributed by atoms with van der Waals surface area (Å²) in [7, 11) is 0. The highest BCUT2D eigenvalue weighted by Gasteiger charge is 2.14. The second kappa shape index (κ2) is 5.03. The largest absolute Gasteiger partial charge is 0.369 e. The van der Waals surface area contributed by atoms with E-state index in [0.29, 0.717) is 12.4 Å². The zero-order chi connectivity index (χ0) is 13.1. The average molecular weight is 253 g/mol. The van der Waals surface area contributed by atoms with Crippen LogP contribution in [0.3, 0.4) is 0 Å². The summed E-state index contributed by atoms with van der Waals surface area (Å²) < 4.78 is 39.2. The number of hydrogen-bond donors (Lipinski definition) is 1. The van der Waals surface area contributed by atoms with Crippen LogP contribution in [-0.2, 0) is 0 Å². The Kier molecular flexibility index (Phi) is 3.45. The topological polar surface area (TPSA) is 37.8 Å². The van der Waals surface area contributed by atoms with E-state index in [-0.39, 0.29) is 11.3 Å². The van der Waals surface area contributed by atoms with Crippen molar-refractivity contribution in [3.63, 3.8) is 0 Å². The van der Waals surface area contributed by atoms with Gasteiger partial charge in [-0.1, -0.05) is 0 Å². The minimum atomic E-state index is -1.49. The number of halogens is 3. The lowest BCUT2D eigenvalue weighted by molar-refractivity contribution is 0.447. The van der Waals surface area contributed by atoms with Gasteiger partial charge < -0.3 is 5.32 Å². The molecule has 0 bridgehead atoms. The van der Waals surface area contributed by atoms with Crippen LogP contribution >= 0.6 is 0 Å². The molecule has 0 saturated carbocycles. The lowest BCUT2D eigenvalue weighted by Gasteiger charge is -2.08. The van der Waals surface area contributed by atoms with Crippen molar-refractivity contribution < 1.29 is 13.2 Å². The number of nitrogens with zero attached hydrogens (tertiary/aromatic N) is 2. The fourth-order valence-electron chi connectivity index (χ4n) is 1.54. The van der Waals surface area contributed by atoms with Crippen molar-refractivity contribution in [2.75, 3.05) is 11.9 Å². The molecule has 0 atom stereocenters. The predicted octanol–water partition coefficient (Wildman–Crippen LogP) is 2.99. The highest BCUT2D eigenvalue weighted by atomic mass is 19.2. The van der Waals surface area contributed by atoms with E-state index < -0.39 is 17.5 Å². The lowest BCUT2D eigenvalue weighted by atomic mass is 10.1. The quantitative estimate of drug-likeness (QED) is 0.854. The Labute approximate surface area is 102 Å². The fourth-order valence-corrected chi connectivity index (χ4v) is 1.54. The van der Waals surface area contributed by atoms with Crippen LogP contribution in [0, 0.1) is 17.5 Å². The molecular weight excluding hydrogens is 243 g/mol. The first-order valence-electron chi connectivity index (χ1n) is 5.33. The van der Waals surface area contributed by atoms with E-state index in [1.54, 1.807) is 0 Å². The summed E-state index contributed by atoms with van der Waals surface area (Å²) in [5, 5.41) is 2.92. The summed E-state index contributed by atoms with van der Waals surface area (Å²) in [6.07, 6.45) is 2.85. The van der Waals surface area contributed by atoms with Gasteiger partial charge in [0.1, 0.15) is 5.69 Å². The van der Waals surface area contributed by atoms with E-state index in [0.717, 1.165) is 12.1 Å². The molecule has 1 aromatic carbocycles. The molecular formula is C12H10F3N3. The average Bonchev–Trinajstić information content (AvgIpc) is 2.36. The third-order valence-corrected chi connectivity index (χ3v) is 2.30. The van der Waals surface area contributed by atoms with Crippen molar-refractivity contribution in [1.29, 1.82) is 0 Å². The van der Waals surface area contributed by atoms with Crippen LogP contribution in [0.5, 0.6) is 0 Å². The highest BCUT2D eigenvalue weighted by molar-refractivity contribution is 5.71. The first kappa shape index (κ1) is 12.3. The zero-order valence-corrected chi connectivity index (χ0v) is 9.54. The molecule has 94 valence electrons. The Balaban J connectivity index is 2.55. The van der Waals surface area contributed by atoms with Gasteiger partial charge in [-0.2, -0.15) is 0 Å². The van der Waals surface area contributed by atoms with Gasteiger partial charge in [0.2, 0.25) is 0 Å².